The van der Waals surface area contributed by atoms with Gasteiger partial charge in [0.2, 0.25) is 11.8 Å². The Balaban J connectivity index is 0.00000155. The first kappa shape index (κ1) is 47.5. The number of nitrogen functional groups attached to an aromatic ring is 1. The van der Waals surface area contributed by atoms with Crippen LogP contribution in [0.15, 0.2) is 12.7 Å². The molecule has 30 heteroatoms. The Hall–Kier alpha value is -2.68. The molecule has 2 aromatic rings. The summed E-state index contributed by atoms with van der Waals surface area (Å²) in [6, 6.07) is 0. The summed E-state index contributed by atoms with van der Waals surface area (Å²) in [7, 11) is -16.3. The number of imidazole rings is 1. The molecule has 1 aliphatic rings. The lowest BCUT2D eigenvalue weighted by Gasteiger charge is -2.30. The number of carbonyl (C=O) groups is 3. The van der Waals surface area contributed by atoms with Crippen LogP contribution < -0.4 is 22.1 Å². The molecule has 1 aliphatic heterocycles. The molecule has 2 aromatic heterocycles. The van der Waals surface area contributed by atoms with Crippen LogP contribution >= 0.6 is 36.1 Å². The molecule has 1 saturated heterocycles. The van der Waals surface area contributed by atoms with Gasteiger partial charge in [-0.2, -0.15) is 16.9 Å². The highest BCUT2D eigenvalue weighted by molar-refractivity contribution is 7.80. The van der Waals surface area contributed by atoms with E-state index in [0.29, 0.717) is 12.3 Å². The number of nitrogens with one attached hydrogen (secondary N) is 2. The quantitative estimate of drug-likeness (QED) is 0.0494. The number of hydrogen-bond acceptors (Lipinski definition) is 19. The Morgan fingerprint density at radius 2 is 1.70 bits per heavy atom. The van der Waals surface area contributed by atoms with Crippen LogP contribution in [0.3, 0.4) is 0 Å². The Labute approximate surface area is 311 Å². The fourth-order valence-corrected chi connectivity index (χ4v) is 7.20. The number of carbonyl (C=O) groups excluding carboxylic acids is 2. The molecule has 1 fully saturated rings. The SMILES string of the molecule is CC(C)(COP(=O)(O)OP(=O)(O)OC[C@H]1O[C@@H](n2cnc3c(N)ncnc32)[C@H](O)[C@@H]1OP(=O)(O)O)[C@@H](O)C(=O)NCCC(=O)NCCS.NCCC(=O)O. The van der Waals surface area contributed by atoms with Crippen molar-refractivity contribution in [1.82, 2.24) is 30.2 Å². The minimum atomic E-state index is -5.54. The lowest BCUT2D eigenvalue weighted by Crippen LogP contribution is -2.46. The van der Waals surface area contributed by atoms with Gasteiger partial charge in [0, 0.05) is 37.2 Å². The van der Waals surface area contributed by atoms with Gasteiger partial charge < -0.3 is 61.7 Å². The minimum absolute atomic E-state index is 0.0363. The maximum Gasteiger partial charge on any atom is 0.481 e. The van der Waals surface area contributed by atoms with Crippen LogP contribution in [0.5, 0.6) is 0 Å². The summed E-state index contributed by atoms with van der Waals surface area (Å²) in [5, 5.41) is 33.9. The van der Waals surface area contributed by atoms with Crippen LogP contribution in [0.2, 0.25) is 0 Å². The van der Waals surface area contributed by atoms with Gasteiger partial charge in [0.05, 0.1) is 26.0 Å². The first-order valence-corrected chi connectivity index (χ1v) is 20.5. The van der Waals surface area contributed by atoms with Crippen LogP contribution in [0.25, 0.3) is 11.2 Å². The number of aliphatic hydroxyl groups excluding tert-OH is 2. The predicted molar refractivity (Wildman–Crippen MR) is 185 cm³/mol. The zero-order valence-electron chi connectivity index (χ0n) is 28.6. The highest BCUT2D eigenvalue weighted by Gasteiger charge is 2.50. The molecule has 0 radical (unpaired) electrons. The molecule has 3 rings (SSSR count). The van der Waals surface area contributed by atoms with Gasteiger partial charge in [0.15, 0.2) is 17.7 Å². The van der Waals surface area contributed by atoms with Crippen molar-refractivity contribution in [2.45, 2.75) is 57.3 Å². The second kappa shape index (κ2) is 20.5. The molecule has 0 aliphatic carbocycles. The number of ether oxygens (including phenoxy) is 1. The topological polar surface area (TPSA) is 410 Å². The van der Waals surface area contributed by atoms with E-state index in [-0.39, 0.29) is 48.8 Å². The average molecular weight is 857 g/mol. The number of carboxylic acid groups (broad SMARTS) is 1. The van der Waals surface area contributed by atoms with Crippen LogP contribution in [0, 0.1) is 5.41 Å². The zero-order chi connectivity index (χ0) is 41.1. The van der Waals surface area contributed by atoms with Crippen LogP contribution in [-0.4, -0.2) is 135 Å². The van der Waals surface area contributed by atoms with Crippen molar-refractivity contribution in [2.75, 3.05) is 44.3 Å². The van der Waals surface area contributed by atoms with Gasteiger partial charge in [0.25, 0.3) is 0 Å². The van der Waals surface area contributed by atoms with Gasteiger partial charge in [0.1, 0.15) is 36.3 Å². The number of hydrogen-bond donors (Lipinski definition) is 12. The number of phosphoric acid groups is 3. The standard InChI is InChI=1S/C21H36N7O16P3S.C3H7NO2/c1-21(2,16(31)19(32)24-4-3-12(29)23-5-6-48)8-41-47(38,39)44-46(36,37)40-7-11-15(43-45(33,34)35)14(30)20(42-11)28-10-27-13-17(22)25-9-26-18(13)28;4-2-1-3(5)6/h9-11,14-16,20,30-31,48H,3-8H2,1-2H3,(H,23,29)(H,24,32)(H,36,37)(H,38,39)(H2,22,25,26)(H2,33,34,35);1-2,4H2,(H,5,6)/t11-,14-,15-,16+,20-;/m1./s1. The van der Waals surface area contributed by atoms with Crippen molar-refractivity contribution in [3.05, 3.63) is 12.7 Å². The molecule has 0 aromatic carbocycles. The number of aromatic nitrogens is 4. The van der Waals surface area contributed by atoms with Crippen molar-refractivity contribution in [2.24, 2.45) is 11.1 Å². The van der Waals surface area contributed by atoms with Crippen molar-refractivity contribution in [3.8, 4) is 0 Å². The second-order valence-electron chi connectivity index (χ2n) is 11.7. The molecule has 7 atom stereocenters. The number of carboxylic acids is 1. The van der Waals surface area contributed by atoms with E-state index in [9.17, 15) is 57.9 Å². The Morgan fingerprint density at radius 3 is 2.28 bits per heavy atom. The van der Waals surface area contributed by atoms with E-state index >= 15 is 0 Å². The number of anilines is 1. The highest BCUT2D eigenvalue weighted by atomic mass is 32.1. The van der Waals surface area contributed by atoms with E-state index in [1.54, 1.807) is 0 Å². The van der Waals surface area contributed by atoms with E-state index in [0.717, 1.165) is 17.2 Å². The minimum Gasteiger partial charge on any atom is -0.481 e. The van der Waals surface area contributed by atoms with Crippen molar-refractivity contribution < 1.29 is 85.6 Å². The highest BCUT2D eigenvalue weighted by Crippen LogP contribution is 2.61. The first-order valence-electron chi connectivity index (χ1n) is 15.3. The maximum atomic E-state index is 12.6. The molecule has 54 heavy (non-hydrogen) atoms. The number of nitrogens with two attached hydrogens (primary N) is 2. The molecule has 2 unspecified atom stereocenters. The summed E-state index contributed by atoms with van der Waals surface area (Å²) in [6.07, 6.45) is -6.67. The maximum absolute atomic E-state index is 12.6. The molecule has 2 amide bonds. The molecule has 3 heterocycles. The van der Waals surface area contributed by atoms with Gasteiger partial charge in [-0.15, -0.1) is 0 Å². The van der Waals surface area contributed by atoms with Crippen molar-refractivity contribution in [1.29, 1.82) is 0 Å². The summed E-state index contributed by atoms with van der Waals surface area (Å²) in [5.41, 5.74) is 9.15. The Morgan fingerprint density at radius 1 is 1.06 bits per heavy atom. The van der Waals surface area contributed by atoms with Gasteiger partial charge in [-0.25, -0.2) is 28.6 Å². The lowest BCUT2D eigenvalue weighted by atomic mass is 9.87. The van der Waals surface area contributed by atoms with E-state index in [2.05, 4.69) is 47.0 Å². The first-order chi connectivity index (χ1) is 24.9. The monoisotopic (exact) mass is 856 g/mol. The Bertz CT molecular complexity index is 1730. The normalized spacial score (nSPS) is 21.7. The molecule has 0 saturated carbocycles. The van der Waals surface area contributed by atoms with Gasteiger partial charge >= 0.3 is 29.4 Å². The summed E-state index contributed by atoms with van der Waals surface area (Å²) in [6.45, 7) is 0.955. The number of thiol groups is 1. The largest absolute Gasteiger partial charge is 0.481 e. The third kappa shape index (κ3) is 15.1. The van der Waals surface area contributed by atoms with Crippen molar-refractivity contribution >= 4 is 70.9 Å². The summed E-state index contributed by atoms with van der Waals surface area (Å²) in [5.74, 6) is -1.78. The van der Waals surface area contributed by atoms with Gasteiger partial charge in [-0.1, -0.05) is 13.8 Å². The van der Waals surface area contributed by atoms with Crippen LogP contribution in [-0.2, 0) is 50.7 Å². The Kier molecular flexibility index (Phi) is 18.0. The van der Waals surface area contributed by atoms with Gasteiger partial charge in [-0.3, -0.25) is 32.5 Å². The summed E-state index contributed by atoms with van der Waals surface area (Å²) >= 11 is 3.95. The molecular formula is C24H43N8O18P3S. The third-order valence-corrected chi connectivity index (χ3v) is 10.2. The number of amides is 2. The van der Waals surface area contributed by atoms with E-state index in [4.69, 9.17) is 30.4 Å². The number of aliphatic hydroxyl groups is 2. The second-order valence-corrected chi connectivity index (χ2v) is 16.4. The smallest absolute Gasteiger partial charge is 0.481 e. The lowest BCUT2D eigenvalue weighted by molar-refractivity contribution is -0.137. The van der Waals surface area contributed by atoms with E-state index in [1.165, 1.54) is 13.8 Å². The van der Waals surface area contributed by atoms with Crippen LogP contribution in [0.4, 0.5) is 5.82 Å². The van der Waals surface area contributed by atoms with E-state index < -0.39 is 84.6 Å². The zero-order valence-corrected chi connectivity index (χ0v) is 32.1. The van der Waals surface area contributed by atoms with E-state index in [1.807, 2.05) is 0 Å². The number of rotatable bonds is 20. The fraction of sp³-hybridized carbons (Fsp3) is 0.667. The van der Waals surface area contributed by atoms with Crippen molar-refractivity contribution in [3.63, 3.8) is 0 Å². The molecule has 308 valence electrons. The molecular weight excluding hydrogens is 813 g/mol. The molecule has 26 nitrogen and oxygen atoms in total. The average Bonchev–Trinajstić information content (AvgIpc) is 3.62. The number of aliphatic carboxylic acids is 1. The molecule has 0 spiro atoms. The third-order valence-electron chi connectivity index (χ3n) is 6.87. The molecule has 13 N–H and O–H groups in total. The summed E-state index contributed by atoms with van der Waals surface area (Å²) < 4.78 is 61.7. The van der Waals surface area contributed by atoms with Crippen LogP contribution in [0.1, 0.15) is 32.9 Å². The predicted octanol–water partition coefficient (Wildman–Crippen LogP) is -2.25. The number of fused-ring (bicyclic) bond motifs is 1. The fourth-order valence-electron chi connectivity index (χ4n) is 4.26. The van der Waals surface area contributed by atoms with Gasteiger partial charge in [-0.05, 0) is 0 Å². The number of phosphoric ester groups is 3. The number of nitrogens with zero attached hydrogens (tertiary/aromatic N) is 4. The molecule has 0 bridgehead atoms. The summed E-state index contributed by atoms with van der Waals surface area (Å²) in [4.78, 5) is 84.1.